The summed E-state index contributed by atoms with van der Waals surface area (Å²) in [5.41, 5.74) is 1.73. The van der Waals surface area contributed by atoms with Crippen molar-refractivity contribution >= 4 is 11.6 Å². The molecule has 0 fully saturated rings. The van der Waals surface area contributed by atoms with Crippen LogP contribution in [0.25, 0.3) is 0 Å². The van der Waals surface area contributed by atoms with Crippen LogP contribution in [0.2, 0.25) is 5.15 Å². The monoisotopic (exact) mass is 309 g/mol. The Kier molecular flexibility index (Phi) is 3.91. The number of aliphatic hydroxyl groups excluding tert-OH is 1. The van der Waals surface area contributed by atoms with Gasteiger partial charge in [-0.05, 0) is 48.4 Å². The first-order chi connectivity index (χ1) is 10.1. The molecule has 110 valence electrons. The molecule has 0 spiro atoms. The van der Waals surface area contributed by atoms with Gasteiger partial charge >= 0.3 is 0 Å². The lowest BCUT2D eigenvalue weighted by Crippen LogP contribution is -2.06. The lowest BCUT2D eigenvalue weighted by Gasteiger charge is -2.16. The SMILES string of the molecule is O[C@@H]1CC[C@@H](c2cccc(F)c2F)Cc2ccc(Cl)nc21. The molecule has 2 nitrogen and oxygen atoms in total. The van der Waals surface area contributed by atoms with Gasteiger partial charge in [0.05, 0.1) is 11.8 Å². The van der Waals surface area contributed by atoms with Crippen molar-refractivity contribution in [2.75, 3.05) is 0 Å². The van der Waals surface area contributed by atoms with Crippen LogP contribution in [0.4, 0.5) is 8.78 Å². The molecule has 0 unspecified atom stereocenters. The van der Waals surface area contributed by atoms with E-state index in [1.807, 2.05) is 0 Å². The molecule has 1 heterocycles. The van der Waals surface area contributed by atoms with Crippen LogP contribution in [0.1, 0.15) is 41.7 Å². The number of benzene rings is 1. The van der Waals surface area contributed by atoms with Crippen LogP contribution in [0.5, 0.6) is 0 Å². The van der Waals surface area contributed by atoms with Crippen LogP contribution >= 0.6 is 11.6 Å². The van der Waals surface area contributed by atoms with Gasteiger partial charge in [0, 0.05) is 0 Å². The zero-order valence-electron chi connectivity index (χ0n) is 11.2. The van der Waals surface area contributed by atoms with E-state index < -0.39 is 17.7 Å². The maximum atomic E-state index is 14.0. The first kappa shape index (κ1) is 14.4. The molecule has 1 N–H and O–H groups in total. The molecule has 0 aliphatic heterocycles. The predicted octanol–water partition coefficient (Wildman–Crippen LogP) is 4.17. The highest BCUT2D eigenvalue weighted by atomic mass is 35.5. The van der Waals surface area contributed by atoms with E-state index in [1.165, 1.54) is 6.07 Å². The summed E-state index contributed by atoms with van der Waals surface area (Å²) < 4.78 is 27.4. The Hall–Kier alpha value is -1.52. The zero-order chi connectivity index (χ0) is 15.0. The Balaban J connectivity index is 2.00. The minimum absolute atomic E-state index is 0.181. The van der Waals surface area contributed by atoms with Crippen LogP contribution in [-0.2, 0) is 6.42 Å². The second-order valence-electron chi connectivity index (χ2n) is 5.32. The molecule has 0 saturated heterocycles. The number of aliphatic hydroxyl groups is 1. The van der Waals surface area contributed by atoms with E-state index in [1.54, 1.807) is 18.2 Å². The molecule has 21 heavy (non-hydrogen) atoms. The van der Waals surface area contributed by atoms with Gasteiger partial charge in [-0.25, -0.2) is 13.8 Å². The Labute approximate surface area is 126 Å². The number of aromatic nitrogens is 1. The third kappa shape index (κ3) is 2.78. The average molecular weight is 310 g/mol. The van der Waals surface area contributed by atoms with Crippen LogP contribution in [-0.4, -0.2) is 10.1 Å². The summed E-state index contributed by atoms with van der Waals surface area (Å²) in [6, 6.07) is 7.67. The van der Waals surface area contributed by atoms with Gasteiger partial charge in [-0.2, -0.15) is 0 Å². The topological polar surface area (TPSA) is 33.1 Å². The summed E-state index contributed by atoms with van der Waals surface area (Å²) in [5, 5.41) is 10.5. The van der Waals surface area contributed by atoms with Crippen molar-refractivity contribution in [2.24, 2.45) is 0 Å². The summed E-state index contributed by atoms with van der Waals surface area (Å²) in [4.78, 5) is 4.17. The molecule has 1 aliphatic carbocycles. The van der Waals surface area contributed by atoms with E-state index in [0.717, 1.165) is 11.6 Å². The fourth-order valence-electron chi connectivity index (χ4n) is 2.90. The maximum Gasteiger partial charge on any atom is 0.162 e. The molecular formula is C16H14ClF2NO. The van der Waals surface area contributed by atoms with Crippen LogP contribution in [0, 0.1) is 11.6 Å². The molecule has 2 aromatic rings. The quantitative estimate of drug-likeness (QED) is 0.633. The highest BCUT2D eigenvalue weighted by Crippen LogP contribution is 2.37. The second-order valence-corrected chi connectivity index (χ2v) is 5.70. The van der Waals surface area contributed by atoms with Crippen LogP contribution in [0.3, 0.4) is 0 Å². The summed E-state index contributed by atoms with van der Waals surface area (Å²) >= 11 is 5.86. The van der Waals surface area contributed by atoms with Gasteiger partial charge in [0.15, 0.2) is 11.6 Å². The Morgan fingerprint density at radius 2 is 1.95 bits per heavy atom. The second kappa shape index (κ2) is 5.70. The fourth-order valence-corrected chi connectivity index (χ4v) is 3.06. The van der Waals surface area contributed by atoms with Gasteiger partial charge < -0.3 is 5.11 Å². The lowest BCUT2D eigenvalue weighted by atomic mass is 9.90. The minimum atomic E-state index is -0.841. The summed E-state index contributed by atoms with van der Waals surface area (Å²) in [6.45, 7) is 0. The molecule has 0 bridgehead atoms. The Morgan fingerprint density at radius 3 is 2.76 bits per heavy atom. The Morgan fingerprint density at radius 1 is 1.14 bits per heavy atom. The molecule has 1 aromatic heterocycles. The van der Waals surface area contributed by atoms with E-state index in [2.05, 4.69) is 4.98 Å². The highest BCUT2D eigenvalue weighted by Gasteiger charge is 2.27. The summed E-state index contributed by atoms with van der Waals surface area (Å²) in [6.07, 6.45) is 0.799. The third-order valence-electron chi connectivity index (χ3n) is 3.97. The number of nitrogens with zero attached hydrogens (tertiary/aromatic N) is 1. The van der Waals surface area contributed by atoms with Gasteiger partial charge in [0.1, 0.15) is 5.15 Å². The number of halogens is 3. The highest BCUT2D eigenvalue weighted by molar-refractivity contribution is 6.29. The van der Waals surface area contributed by atoms with Gasteiger partial charge in [0.25, 0.3) is 0 Å². The van der Waals surface area contributed by atoms with Crippen molar-refractivity contribution in [1.29, 1.82) is 0 Å². The zero-order valence-corrected chi connectivity index (χ0v) is 11.9. The van der Waals surface area contributed by atoms with E-state index in [4.69, 9.17) is 11.6 Å². The molecule has 2 atom stereocenters. The molecule has 1 aliphatic rings. The number of hydrogen-bond acceptors (Lipinski definition) is 2. The number of rotatable bonds is 1. The fraction of sp³-hybridized carbons (Fsp3) is 0.312. The average Bonchev–Trinajstić information content (AvgIpc) is 2.62. The van der Waals surface area contributed by atoms with Crippen LogP contribution < -0.4 is 0 Å². The van der Waals surface area contributed by atoms with Crippen molar-refractivity contribution in [3.8, 4) is 0 Å². The minimum Gasteiger partial charge on any atom is -0.387 e. The normalized spacial score (nSPS) is 21.7. The third-order valence-corrected chi connectivity index (χ3v) is 4.18. The molecular weight excluding hydrogens is 296 g/mol. The van der Waals surface area contributed by atoms with Crippen molar-refractivity contribution in [3.05, 3.63) is 63.9 Å². The number of fused-ring (bicyclic) bond motifs is 1. The first-order valence-corrected chi connectivity index (χ1v) is 7.21. The molecule has 0 amide bonds. The van der Waals surface area contributed by atoms with E-state index in [0.29, 0.717) is 35.7 Å². The predicted molar refractivity (Wildman–Crippen MR) is 76.2 cm³/mol. The Bertz CT molecular complexity index is 677. The number of hydrogen-bond donors (Lipinski definition) is 1. The molecule has 3 rings (SSSR count). The molecule has 0 radical (unpaired) electrons. The summed E-state index contributed by atoms with van der Waals surface area (Å²) in [5.74, 6) is -1.83. The lowest BCUT2D eigenvalue weighted by molar-refractivity contribution is 0.160. The number of pyridine rings is 1. The van der Waals surface area contributed by atoms with Crippen LogP contribution in [0.15, 0.2) is 30.3 Å². The van der Waals surface area contributed by atoms with E-state index in [-0.39, 0.29) is 5.92 Å². The van der Waals surface area contributed by atoms with Crippen molar-refractivity contribution in [3.63, 3.8) is 0 Å². The van der Waals surface area contributed by atoms with E-state index >= 15 is 0 Å². The van der Waals surface area contributed by atoms with Crippen molar-refractivity contribution < 1.29 is 13.9 Å². The van der Waals surface area contributed by atoms with Crippen molar-refractivity contribution in [2.45, 2.75) is 31.3 Å². The first-order valence-electron chi connectivity index (χ1n) is 6.83. The van der Waals surface area contributed by atoms with Crippen molar-refractivity contribution in [1.82, 2.24) is 4.98 Å². The van der Waals surface area contributed by atoms with Gasteiger partial charge in [-0.1, -0.05) is 29.8 Å². The van der Waals surface area contributed by atoms with Gasteiger partial charge in [0.2, 0.25) is 0 Å². The van der Waals surface area contributed by atoms with Gasteiger partial charge in [-0.3, -0.25) is 0 Å². The molecule has 0 saturated carbocycles. The smallest absolute Gasteiger partial charge is 0.162 e. The molecule has 1 aromatic carbocycles. The molecule has 5 heteroatoms. The van der Waals surface area contributed by atoms with Gasteiger partial charge in [-0.15, -0.1) is 0 Å². The summed E-state index contributed by atoms with van der Waals surface area (Å²) in [7, 11) is 0. The standard InChI is InChI=1S/C16H14ClF2NO/c17-14-7-5-10-8-9(4-6-13(21)16(10)20-14)11-2-1-3-12(18)15(11)19/h1-3,5,7,9,13,21H,4,6,8H2/t9-,13-/m1/s1. The van der Waals surface area contributed by atoms with E-state index in [9.17, 15) is 13.9 Å². The maximum absolute atomic E-state index is 14.0. The largest absolute Gasteiger partial charge is 0.387 e.